The molecule has 4 aromatic rings. The van der Waals surface area contributed by atoms with Crippen molar-refractivity contribution in [3.63, 3.8) is 0 Å². The second-order valence-corrected chi connectivity index (χ2v) is 11.0. The molecule has 35 heavy (non-hydrogen) atoms. The van der Waals surface area contributed by atoms with Gasteiger partial charge in [0.2, 0.25) is 0 Å². The SMILES string of the molecule is CC1(C)C[C@@H]2[C@H](O1)[C@@H](CCCCc1cccc3ccc(N)nc13)C[C@H]2n1ccc2c(N)ncnc21. The number of hydrogen-bond donors (Lipinski definition) is 2. The first-order chi connectivity index (χ1) is 16.9. The molecule has 1 aliphatic carbocycles. The maximum atomic E-state index is 6.64. The van der Waals surface area contributed by atoms with Gasteiger partial charge in [-0.3, -0.25) is 0 Å². The summed E-state index contributed by atoms with van der Waals surface area (Å²) in [6, 6.07) is 12.8. The molecule has 0 unspecified atom stereocenters. The Morgan fingerprint density at radius 2 is 1.97 bits per heavy atom. The van der Waals surface area contributed by atoms with Crippen LogP contribution in [0.3, 0.4) is 0 Å². The lowest BCUT2D eigenvalue weighted by atomic mass is 9.91. The van der Waals surface area contributed by atoms with Crippen LogP contribution in [0.5, 0.6) is 0 Å². The van der Waals surface area contributed by atoms with E-state index < -0.39 is 0 Å². The monoisotopic (exact) mass is 470 g/mol. The summed E-state index contributed by atoms with van der Waals surface area (Å²) in [4.78, 5) is 13.3. The van der Waals surface area contributed by atoms with Crippen molar-refractivity contribution in [1.29, 1.82) is 0 Å². The van der Waals surface area contributed by atoms with E-state index in [4.69, 9.17) is 16.2 Å². The molecular formula is C28H34N6O. The van der Waals surface area contributed by atoms with Crippen molar-refractivity contribution in [1.82, 2.24) is 19.5 Å². The van der Waals surface area contributed by atoms with E-state index in [1.807, 2.05) is 6.07 Å². The number of fused-ring (bicyclic) bond motifs is 3. The molecule has 0 amide bonds. The van der Waals surface area contributed by atoms with Crippen molar-refractivity contribution in [3.8, 4) is 0 Å². The number of nitrogens with zero attached hydrogens (tertiary/aromatic N) is 4. The van der Waals surface area contributed by atoms with E-state index in [0.29, 0.717) is 35.6 Å². The van der Waals surface area contributed by atoms with E-state index in [1.165, 1.54) is 18.4 Å². The van der Waals surface area contributed by atoms with Crippen LogP contribution in [0.2, 0.25) is 0 Å². The fraction of sp³-hybridized carbons (Fsp3) is 0.464. The second-order valence-electron chi connectivity index (χ2n) is 11.0. The quantitative estimate of drug-likeness (QED) is 0.370. The van der Waals surface area contributed by atoms with E-state index in [-0.39, 0.29) is 5.60 Å². The summed E-state index contributed by atoms with van der Waals surface area (Å²) in [7, 11) is 0. The Balaban J connectivity index is 1.17. The summed E-state index contributed by atoms with van der Waals surface area (Å²) in [5, 5.41) is 2.10. The van der Waals surface area contributed by atoms with E-state index >= 15 is 0 Å². The summed E-state index contributed by atoms with van der Waals surface area (Å²) in [5.41, 5.74) is 15.2. The summed E-state index contributed by atoms with van der Waals surface area (Å²) in [5.74, 6) is 2.17. The molecule has 4 heterocycles. The molecule has 6 rings (SSSR count). The maximum absolute atomic E-state index is 6.64. The van der Waals surface area contributed by atoms with Gasteiger partial charge in [-0.1, -0.05) is 24.6 Å². The molecule has 0 spiro atoms. The Morgan fingerprint density at radius 1 is 1.09 bits per heavy atom. The Kier molecular flexibility index (Phi) is 5.40. The van der Waals surface area contributed by atoms with Gasteiger partial charge in [0.25, 0.3) is 0 Å². The van der Waals surface area contributed by atoms with Gasteiger partial charge in [-0.25, -0.2) is 15.0 Å². The van der Waals surface area contributed by atoms with E-state index in [0.717, 1.165) is 47.6 Å². The minimum atomic E-state index is -0.0855. The molecule has 0 radical (unpaired) electrons. The summed E-state index contributed by atoms with van der Waals surface area (Å²) in [6.07, 6.45) is 10.7. The Morgan fingerprint density at radius 3 is 2.86 bits per heavy atom. The van der Waals surface area contributed by atoms with Crippen molar-refractivity contribution in [2.45, 2.75) is 70.1 Å². The van der Waals surface area contributed by atoms with Gasteiger partial charge in [0, 0.05) is 23.5 Å². The van der Waals surface area contributed by atoms with Crippen LogP contribution in [0.4, 0.5) is 11.6 Å². The Bertz CT molecular complexity index is 1380. The van der Waals surface area contributed by atoms with Gasteiger partial charge in [0.05, 0.1) is 22.6 Å². The first-order valence-electron chi connectivity index (χ1n) is 12.8. The summed E-state index contributed by atoms with van der Waals surface area (Å²) < 4.78 is 8.98. The van der Waals surface area contributed by atoms with Gasteiger partial charge < -0.3 is 20.8 Å². The molecule has 182 valence electrons. The number of hydrogen-bond acceptors (Lipinski definition) is 6. The molecule has 4 atom stereocenters. The lowest BCUT2D eigenvalue weighted by Gasteiger charge is -2.24. The zero-order valence-corrected chi connectivity index (χ0v) is 20.5. The molecule has 1 aromatic carbocycles. The van der Waals surface area contributed by atoms with Crippen LogP contribution < -0.4 is 11.5 Å². The second kappa shape index (κ2) is 8.48. The third-order valence-electron chi connectivity index (χ3n) is 8.10. The van der Waals surface area contributed by atoms with Crippen molar-refractivity contribution in [2.75, 3.05) is 11.5 Å². The van der Waals surface area contributed by atoms with Crippen molar-refractivity contribution in [2.24, 2.45) is 11.8 Å². The van der Waals surface area contributed by atoms with Gasteiger partial charge >= 0.3 is 0 Å². The number of unbranched alkanes of at least 4 members (excludes halogenated alkanes) is 1. The molecule has 3 aromatic heterocycles. The van der Waals surface area contributed by atoms with Crippen molar-refractivity contribution in [3.05, 3.63) is 54.5 Å². The number of para-hydroxylation sites is 1. The van der Waals surface area contributed by atoms with Crippen LogP contribution >= 0.6 is 0 Å². The minimum Gasteiger partial charge on any atom is -0.384 e. The fourth-order valence-electron chi connectivity index (χ4n) is 6.61. The molecule has 0 bridgehead atoms. The third-order valence-corrected chi connectivity index (χ3v) is 8.10. The molecule has 2 aliphatic rings. The van der Waals surface area contributed by atoms with Crippen LogP contribution in [0.15, 0.2) is 48.9 Å². The highest BCUT2D eigenvalue weighted by molar-refractivity contribution is 5.86. The lowest BCUT2D eigenvalue weighted by Crippen LogP contribution is -2.24. The Hall–Kier alpha value is -3.19. The number of nitrogen functional groups attached to an aromatic ring is 2. The lowest BCUT2D eigenvalue weighted by molar-refractivity contribution is -0.0398. The van der Waals surface area contributed by atoms with E-state index in [1.54, 1.807) is 6.33 Å². The van der Waals surface area contributed by atoms with Gasteiger partial charge in [-0.05, 0) is 75.6 Å². The number of aromatic nitrogens is 4. The first kappa shape index (κ1) is 22.3. The van der Waals surface area contributed by atoms with Crippen LogP contribution in [0.25, 0.3) is 21.9 Å². The molecule has 2 fully saturated rings. The minimum absolute atomic E-state index is 0.0855. The fourth-order valence-corrected chi connectivity index (χ4v) is 6.61. The smallest absolute Gasteiger partial charge is 0.145 e. The summed E-state index contributed by atoms with van der Waals surface area (Å²) >= 11 is 0. The zero-order chi connectivity index (χ0) is 24.2. The molecule has 4 N–H and O–H groups in total. The number of ether oxygens (including phenoxy) is 1. The number of anilines is 2. The largest absolute Gasteiger partial charge is 0.384 e. The predicted molar refractivity (Wildman–Crippen MR) is 140 cm³/mol. The van der Waals surface area contributed by atoms with Crippen LogP contribution in [-0.4, -0.2) is 31.2 Å². The predicted octanol–water partition coefficient (Wildman–Crippen LogP) is 5.30. The highest BCUT2D eigenvalue weighted by Crippen LogP contribution is 2.53. The van der Waals surface area contributed by atoms with Crippen LogP contribution in [0, 0.1) is 11.8 Å². The number of pyridine rings is 1. The highest BCUT2D eigenvalue weighted by Gasteiger charge is 2.53. The molecule has 1 aliphatic heterocycles. The number of nitrogens with two attached hydrogens (primary N) is 2. The van der Waals surface area contributed by atoms with E-state index in [9.17, 15) is 0 Å². The number of benzene rings is 1. The first-order valence-corrected chi connectivity index (χ1v) is 12.8. The summed E-state index contributed by atoms with van der Waals surface area (Å²) in [6.45, 7) is 4.46. The van der Waals surface area contributed by atoms with Gasteiger partial charge in [0.15, 0.2) is 0 Å². The van der Waals surface area contributed by atoms with Crippen LogP contribution in [0.1, 0.15) is 57.6 Å². The molecule has 7 heteroatoms. The van der Waals surface area contributed by atoms with E-state index in [2.05, 4.69) is 69.9 Å². The Labute approximate surface area is 205 Å². The normalized spacial score (nSPS) is 25.4. The average molecular weight is 471 g/mol. The van der Waals surface area contributed by atoms with Gasteiger partial charge in [0.1, 0.15) is 23.6 Å². The zero-order valence-electron chi connectivity index (χ0n) is 20.5. The third kappa shape index (κ3) is 4.01. The van der Waals surface area contributed by atoms with Crippen molar-refractivity contribution < 1.29 is 4.74 Å². The number of rotatable bonds is 6. The molecule has 7 nitrogen and oxygen atoms in total. The molecule has 1 saturated heterocycles. The maximum Gasteiger partial charge on any atom is 0.145 e. The topological polar surface area (TPSA) is 105 Å². The van der Waals surface area contributed by atoms with Gasteiger partial charge in [-0.15, -0.1) is 0 Å². The van der Waals surface area contributed by atoms with Crippen LogP contribution in [-0.2, 0) is 11.2 Å². The molecular weight excluding hydrogens is 436 g/mol. The average Bonchev–Trinajstić information content (AvgIpc) is 3.48. The van der Waals surface area contributed by atoms with Crippen molar-refractivity contribution >= 4 is 33.6 Å². The van der Waals surface area contributed by atoms with Gasteiger partial charge in [-0.2, -0.15) is 0 Å². The highest BCUT2D eigenvalue weighted by atomic mass is 16.5. The standard InChI is InChI=1S/C28H34N6O/c1-28(2)15-21-22(34-13-12-20-26(30)31-16-32-27(20)34)14-19(25(21)35-28)7-4-3-6-17-8-5-9-18-10-11-23(29)33-24(17)18/h5,8-13,16,19,21-22,25H,3-4,6-7,14-15H2,1-2H3,(H2,29,33)(H2,30,31,32)/t19-,21-,22+,25+/m0/s1. The number of aryl methyl sites for hydroxylation is 1. The molecule has 1 saturated carbocycles.